The molecule has 2 atom stereocenters. The molecular formula is C11H22N2. The lowest BCUT2D eigenvalue weighted by molar-refractivity contribution is 0.0617. The van der Waals surface area contributed by atoms with Gasteiger partial charge in [-0.2, -0.15) is 0 Å². The molecule has 1 heterocycles. The van der Waals surface area contributed by atoms with E-state index in [1.165, 1.54) is 38.6 Å². The number of nitrogens with two attached hydrogens (primary N) is 1. The van der Waals surface area contributed by atoms with Crippen molar-refractivity contribution >= 4 is 0 Å². The Kier molecular flexibility index (Phi) is 2.89. The molecule has 1 aliphatic carbocycles. The second kappa shape index (κ2) is 3.97. The summed E-state index contributed by atoms with van der Waals surface area (Å²) in [6, 6.07) is 0.886. The van der Waals surface area contributed by atoms with Crippen LogP contribution in [0.1, 0.15) is 32.1 Å². The van der Waals surface area contributed by atoms with E-state index in [1.54, 1.807) is 0 Å². The standard InChI is InChI=1S/C11H22N2/c1-13-8-9(7-12)5-6-11(13)10-3-2-4-10/h9-11H,2-8,12H2,1H3. The topological polar surface area (TPSA) is 29.3 Å². The lowest BCUT2D eigenvalue weighted by Crippen LogP contribution is -2.48. The molecule has 0 bridgehead atoms. The van der Waals surface area contributed by atoms with Gasteiger partial charge in [0.25, 0.3) is 0 Å². The summed E-state index contributed by atoms with van der Waals surface area (Å²) in [5.41, 5.74) is 5.71. The third kappa shape index (κ3) is 1.89. The molecule has 0 aromatic heterocycles. The monoisotopic (exact) mass is 182 g/mol. The van der Waals surface area contributed by atoms with Gasteiger partial charge in [-0.1, -0.05) is 6.42 Å². The highest BCUT2D eigenvalue weighted by atomic mass is 15.1. The molecule has 2 rings (SSSR count). The van der Waals surface area contributed by atoms with Crippen LogP contribution in [0.25, 0.3) is 0 Å². The Hall–Kier alpha value is -0.0800. The molecule has 2 N–H and O–H groups in total. The molecule has 0 aromatic carbocycles. The van der Waals surface area contributed by atoms with Crippen molar-refractivity contribution in [3.8, 4) is 0 Å². The second-order valence-corrected chi connectivity index (χ2v) is 4.88. The zero-order valence-corrected chi connectivity index (χ0v) is 8.71. The molecule has 76 valence electrons. The van der Waals surface area contributed by atoms with Crippen molar-refractivity contribution in [2.45, 2.75) is 38.1 Å². The summed E-state index contributed by atoms with van der Waals surface area (Å²) in [5, 5.41) is 0. The smallest absolute Gasteiger partial charge is 0.0121 e. The van der Waals surface area contributed by atoms with Crippen molar-refractivity contribution in [2.75, 3.05) is 20.1 Å². The minimum Gasteiger partial charge on any atom is -0.330 e. The molecule has 1 saturated heterocycles. The van der Waals surface area contributed by atoms with Gasteiger partial charge in [0.2, 0.25) is 0 Å². The largest absolute Gasteiger partial charge is 0.330 e. The molecular weight excluding hydrogens is 160 g/mol. The van der Waals surface area contributed by atoms with Gasteiger partial charge in [0.15, 0.2) is 0 Å². The van der Waals surface area contributed by atoms with Crippen molar-refractivity contribution in [3.05, 3.63) is 0 Å². The van der Waals surface area contributed by atoms with Crippen LogP contribution in [-0.4, -0.2) is 31.1 Å². The first kappa shape index (κ1) is 9.47. The molecule has 2 aliphatic rings. The van der Waals surface area contributed by atoms with Gasteiger partial charge >= 0.3 is 0 Å². The van der Waals surface area contributed by atoms with Gasteiger partial charge in [0, 0.05) is 12.6 Å². The summed E-state index contributed by atoms with van der Waals surface area (Å²) in [6.45, 7) is 2.11. The van der Waals surface area contributed by atoms with E-state index in [-0.39, 0.29) is 0 Å². The Morgan fingerprint density at radius 2 is 2.00 bits per heavy atom. The summed E-state index contributed by atoms with van der Waals surface area (Å²) in [6.07, 6.45) is 7.17. The van der Waals surface area contributed by atoms with Crippen molar-refractivity contribution in [2.24, 2.45) is 17.6 Å². The molecule has 2 heteroatoms. The summed E-state index contributed by atoms with van der Waals surface area (Å²) in [5.74, 6) is 1.78. The Labute approximate surface area is 81.5 Å². The Bertz CT molecular complexity index is 165. The predicted octanol–water partition coefficient (Wildman–Crippen LogP) is 1.46. The zero-order chi connectivity index (χ0) is 9.26. The van der Waals surface area contributed by atoms with Crippen molar-refractivity contribution in [1.29, 1.82) is 0 Å². The van der Waals surface area contributed by atoms with Crippen molar-refractivity contribution in [1.82, 2.24) is 4.90 Å². The average Bonchev–Trinajstić information content (AvgIpc) is 2.05. The van der Waals surface area contributed by atoms with E-state index in [9.17, 15) is 0 Å². The van der Waals surface area contributed by atoms with Crippen LogP contribution in [0.5, 0.6) is 0 Å². The van der Waals surface area contributed by atoms with Crippen LogP contribution in [0, 0.1) is 11.8 Å². The normalized spacial score (nSPS) is 37.4. The molecule has 0 radical (unpaired) electrons. The van der Waals surface area contributed by atoms with E-state index in [4.69, 9.17) is 5.73 Å². The Balaban J connectivity index is 1.85. The first-order valence-corrected chi connectivity index (χ1v) is 5.71. The quantitative estimate of drug-likeness (QED) is 0.700. The number of nitrogens with zero attached hydrogens (tertiary/aromatic N) is 1. The Morgan fingerprint density at radius 3 is 2.46 bits per heavy atom. The van der Waals surface area contributed by atoms with Gasteiger partial charge in [0.05, 0.1) is 0 Å². The van der Waals surface area contributed by atoms with E-state index >= 15 is 0 Å². The summed E-state index contributed by atoms with van der Waals surface area (Å²) in [7, 11) is 2.28. The Morgan fingerprint density at radius 1 is 1.23 bits per heavy atom. The van der Waals surface area contributed by atoms with E-state index < -0.39 is 0 Å². The van der Waals surface area contributed by atoms with Crippen molar-refractivity contribution in [3.63, 3.8) is 0 Å². The summed E-state index contributed by atoms with van der Waals surface area (Å²) >= 11 is 0. The van der Waals surface area contributed by atoms with Crippen LogP contribution < -0.4 is 5.73 Å². The highest BCUT2D eigenvalue weighted by Gasteiger charge is 2.33. The number of likely N-dealkylation sites (tertiary alicyclic amines) is 1. The first-order valence-electron chi connectivity index (χ1n) is 5.71. The number of rotatable bonds is 2. The third-order valence-corrected chi connectivity index (χ3v) is 4.01. The van der Waals surface area contributed by atoms with E-state index in [1.807, 2.05) is 0 Å². The predicted molar refractivity (Wildman–Crippen MR) is 55.5 cm³/mol. The molecule has 1 saturated carbocycles. The molecule has 13 heavy (non-hydrogen) atoms. The summed E-state index contributed by atoms with van der Waals surface area (Å²) < 4.78 is 0. The minimum absolute atomic E-state index is 0.765. The first-order chi connectivity index (χ1) is 6.31. The van der Waals surface area contributed by atoms with E-state index in [0.717, 1.165) is 24.4 Å². The lowest BCUT2D eigenvalue weighted by Gasteiger charge is -2.44. The highest BCUT2D eigenvalue weighted by Crippen LogP contribution is 2.36. The highest BCUT2D eigenvalue weighted by molar-refractivity contribution is 4.88. The van der Waals surface area contributed by atoms with Crippen LogP contribution in [0.3, 0.4) is 0 Å². The fourth-order valence-corrected chi connectivity index (χ4v) is 2.87. The van der Waals surface area contributed by atoms with E-state index in [0.29, 0.717) is 0 Å². The van der Waals surface area contributed by atoms with Gasteiger partial charge in [0.1, 0.15) is 0 Å². The fourth-order valence-electron chi connectivity index (χ4n) is 2.87. The van der Waals surface area contributed by atoms with Crippen molar-refractivity contribution < 1.29 is 0 Å². The molecule has 0 spiro atoms. The van der Waals surface area contributed by atoms with Crippen LogP contribution >= 0.6 is 0 Å². The second-order valence-electron chi connectivity index (χ2n) is 4.88. The molecule has 0 amide bonds. The van der Waals surface area contributed by atoms with Gasteiger partial charge in [-0.3, -0.25) is 0 Å². The molecule has 2 nitrogen and oxygen atoms in total. The number of piperidine rings is 1. The summed E-state index contributed by atoms with van der Waals surface area (Å²) in [4.78, 5) is 2.56. The maximum Gasteiger partial charge on any atom is 0.0121 e. The molecule has 0 aromatic rings. The lowest BCUT2D eigenvalue weighted by atomic mass is 9.75. The van der Waals surface area contributed by atoms with Gasteiger partial charge in [-0.05, 0) is 51.1 Å². The molecule has 2 unspecified atom stereocenters. The fraction of sp³-hybridized carbons (Fsp3) is 1.00. The van der Waals surface area contributed by atoms with Gasteiger partial charge < -0.3 is 10.6 Å². The minimum atomic E-state index is 0.765. The molecule has 2 fully saturated rings. The maximum absolute atomic E-state index is 5.71. The van der Waals surface area contributed by atoms with Crippen LogP contribution in [0.2, 0.25) is 0 Å². The average molecular weight is 182 g/mol. The number of hydrogen-bond acceptors (Lipinski definition) is 2. The van der Waals surface area contributed by atoms with Crippen LogP contribution in [0.15, 0.2) is 0 Å². The van der Waals surface area contributed by atoms with E-state index in [2.05, 4.69) is 11.9 Å². The molecule has 1 aliphatic heterocycles. The SMILES string of the molecule is CN1CC(CN)CCC1C1CCC1. The zero-order valence-electron chi connectivity index (χ0n) is 8.71. The van der Waals surface area contributed by atoms with Gasteiger partial charge in [-0.25, -0.2) is 0 Å². The maximum atomic E-state index is 5.71. The number of hydrogen-bond donors (Lipinski definition) is 1. The van der Waals surface area contributed by atoms with Crippen LogP contribution in [-0.2, 0) is 0 Å². The third-order valence-electron chi connectivity index (χ3n) is 4.01. The van der Waals surface area contributed by atoms with Gasteiger partial charge in [-0.15, -0.1) is 0 Å². The van der Waals surface area contributed by atoms with Crippen LogP contribution in [0.4, 0.5) is 0 Å².